The van der Waals surface area contributed by atoms with E-state index < -0.39 is 11.7 Å². The van der Waals surface area contributed by atoms with Crippen LogP contribution >= 0.6 is 0 Å². The molecule has 0 unspecified atom stereocenters. The Labute approximate surface area is 170 Å². The summed E-state index contributed by atoms with van der Waals surface area (Å²) in [6, 6.07) is 21.1. The maximum atomic E-state index is 13.0. The van der Waals surface area contributed by atoms with Gasteiger partial charge in [-0.15, -0.1) is 5.10 Å². The van der Waals surface area contributed by atoms with Gasteiger partial charge >= 0.3 is 12.2 Å². The lowest BCUT2D eigenvalue weighted by Crippen LogP contribution is -2.05. The molecule has 0 aliphatic carbocycles. The minimum absolute atomic E-state index is 0.00611. The molecular weight excluding hydrogens is 395 g/mol. The molecule has 1 heterocycles. The predicted octanol–water partition coefficient (Wildman–Crippen LogP) is 5.75. The van der Waals surface area contributed by atoms with Gasteiger partial charge in [0.05, 0.1) is 18.4 Å². The van der Waals surface area contributed by atoms with Crippen molar-refractivity contribution in [2.24, 2.45) is 0 Å². The molecule has 0 atom stereocenters. The van der Waals surface area contributed by atoms with Gasteiger partial charge in [0, 0.05) is 5.56 Å². The fourth-order valence-corrected chi connectivity index (χ4v) is 2.92. The number of aromatic nitrogens is 3. The van der Waals surface area contributed by atoms with E-state index in [1.165, 1.54) is 12.1 Å². The van der Waals surface area contributed by atoms with Crippen LogP contribution in [0.1, 0.15) is 5.56 Å². The van der Waals surface area contributed by atoms with E-state index in [-0.39, 0.29) is 11.8 Å². The molecule has 0 fully saturated rings. The van der Waals surface area contributed by atoms with E-state index in [0.29, 0.717) is 17.3 Å². The van der Waals surface area contributed by atoms with E-state index in [2.05, 4.69) is 10.2 Å². The van der Waals surface area contributed by atoms with Crippen LogP contribution in [-0.4, -0.2) is 21.9 Å². The minimum Gasteiger partial charge on any atom is -0.497 e. The summed E-state index contributed by atoms with van der Waals surface area (Å²) in [6.07, 6.45) is -4.47. The number of rotatable bonds is 5. The van der Waals surface area contributed by atoms with E-state index in [0.717, 1.165) is 17.7 Å². The number of halogens is 3. The largest absolute Gasteiger partial charge is 0.497 e. The number of alkyl halides is 3. The topological polar surface area (TPSA) is 49.2 Å². The van der Waals surface area contributed by atoms with Gasteiger partial charge in [0.1, 0.15) is 11.5 Å². The first-order valence-electron chi connectivity index (χ1n) is 8.96. The summed E-state index contributed by atoms with van der Waals surface area (Å²) in [7, 11) is 1.56. The van der Waals surface area contributed by atoms with E-state index in [9.17, 15) is 13.2 Å². The van der Waals surface area contributed by atoms with Crippen molar-refractivity contribution >= 4 is 0 Å². The zero-order chi connectivity index (χ0) is 21.1. The summed E-state index contributed by atoms with van der Waals surface area (Å²) in [5.41, 5.74) is 0.639. The van der Waals surface area contributed by atoms with Crippen molar-refractivity contribution in [2.45, 2.75) is 6.18 Å². The lowest BCUT2D eigenvalue weighted by molar-refractivity contribution is -0.137. The van der Waals surface area contributed by atoms with Crippen molar-refractivity contribution in [1.29, 1.82) is 0 Å². The second kappa shape index (κ2) is 7.90. The Balaban J connectivity index is 1.79. The Kier molecular flexibility index (Phi) is 5.14. The third-order valence-electron chi connectivity index (χ3n) is 4.37. The van der Waals surface area contributed by atoms with Gasteiger partial charge in [0.25, 0.3) is 0 Å². The summed E-state index contributed by atoms with van der Waals surface area (Å²) in [5.74, 6) is 1.16. The molecule has 0 radical (unpaired) electrons. The normalized spacial score (nSPS) is 11.3. The number of nitrogens with zero attached hydrogens (tertiary/aromatic N) is 3. The maximum absolute atomic E-state index is 13.0. The number of hydrogen-bond acceptors (Lipinski definition) is 4. The molecule has 0 saturated carbocycles. The summed E-state index contributed by atoms with van der Waals surface area (Å²) >= 11 is 0. The van der Waals surface area contributed by atoms with Crippen LogP contribution in [-0.2, 0) is 6.18 Å². The van der Waals surface area contributed by atoms with E-state index >= 15 is 0 Å². The highest BCUT2D eigenvalue weighted by Gasteiger charge is 2.31. The first-order chi connectivity index (χ1) is 14.5. The highest BCUT2D eigenvalue weighted by molar-refractivity contribution is 5.59. The molecule has 0 aliphatic rings. The third-order valence-corrected chi connectivity index (χ3v) is 4.37. The third kappa shape index (κ3) is 3.98. The van der Waals surface area contributed by atoms with Gasteiger partial charge in [-0.2, -0.15) is 13.2 Å². The number of ether oxygens (including phenoxy) is 2. The van der Waals surface area contributed by atoms with E-state index in [1.807, 2.05) is 30.3 Å². The molecule has 30 heavy (non-hydrogen) atoms. The van der Waals surface area contributed by atoms with Gasteiger partial charge < -0.3 is 9.47 Å². The average molecular weight is 411 g/mol. The predicted molar refractivity (Wildman–Crippen MR) is 105 cm³/mol. The highest BCUT2D eigenvalue weighted by atomic mass is 19.4. The van der Waals surface area contributed by atoms with Crippen LogP contribution in [0.3, 0.4) is 0 Å². The summed E-state index contributed by atoms with van der Waals surface area (Å²) in [5, 5.41) is 8.28. The molecule has 0 saturated heterocycles. The Morgan fingerprint density at radius 3 is 2.20 bits per heavy atom. The molecule has 0 amide bonds. The maximum Gasteiger partial charge on any atom is 0.416 e. The van der Waals surface area contributed by atoms with Crippen molar-refractivity contribution in [3.63, 3.8) is 0 Å². The number of methoxy groups -OCH3 is 1. The second-order valence-corrected chi connectivity index (χ2v) is 6.33. The van der Waals surface area contributed by atoms with Crippen LogP contribution in [0.4, 0.5) is 13.2 Å². The Hall–Kier alpha value is -3.81. The molecular formula is C22H16F3N3O2. The lowest BCUT2D eigenvalue weighted by Gasteiger charge is -2.13. The van der Waals surface area contributed by atoms with Crippen LogP contribution in [0.2, 0.25) is 0 Å². The molecule has 1 aromatic heterocycles. The molecule has 0 aliphatic heterocycles. The molecule has 0 bridgehead atoms. The van der Waals surface area contributed by atoms with Gasteiger partial charge in [0.15, 0.2) is 5.82 Å². The van der Waals surface area contributed by atoms with Gasteiger partial charge in [-0.1, -0.05) is 41.5 Å². The second-order valence-electron chi connectivity index (χ2n) is 6.33. The number of benzene rings is 3. The van der Waals surface area contributed by atoms with Gasteiger partial charge in [-0.05, 0) is 42.5 Å². The molecule has 3 aromatic carbocycles. The average Bonchev–Trinajstić information content (AvgIpc) is 3.17. The Morgan fingerprint density at radius 1 is 0.800 bits per heavy atom. The first-order valence-corrected chi connectivity index (χ1v) is 8.96. The van der Waals surface area contributed by atoms with E-state index in [1.54, 1.807) is 35.9 Å². The lowest BCUT2D eigenvalue weighted by atomic mass is 10.2. The van der Waals surface area contributed by atoms with Gasteiger partial charge in [-0.25, -0.2) is 4.57 Å². The highest BCUT2D eigenvalue weighted by Crippen LogP contribution is 2.34. The fraction of sp³-hybridized carbons (Fsp3) is 0.0909. The standard InChI is InChI=1S/C22H16F3N3O2/c1-29-18-12-10-17(11-13-18)28-20(15-6-3-2-4-7-15)26-27-21(28)30-19-9-5-8-16(14-19)22(23,24)25/h2-14H,1H3. The van der Waals surface area contributed by atoms with Gasteiger partial charge in [0.2, 0.25) is 0 Å². The zero-order valence-electron chi connectivity index (χ0n) is 15.8. The molecule has 0 spiro atoms. The fourth-order valence-electron chi connectivity index (χ4n) is 2.92. The summed E-state index contributed by atoms with van der Waals surface area (Å²) < 4.78 is 51.7. The summed E-state index contributed by atoms with van der Waals surface area (Å²) in [4.78, 5) is 0. The summed E-state index contributed by atoms with van der Waals surface area (Å²) in [6.45, 7) is 0. The Morgan fingerprint density at radius 2 is 1.53 bits per heavy atom. The molecule has 4 rings (SSSR count). The first kappa shape index (κ1) is 19.5. The van der Waals surface area contributed by atoms with Crippen LogP contribution in [0.25, 0.3) is 17.1 Å². The quantitative estimate of drug-likeness (QED) is 0.419. The van der Waals surface area contributed by atoms with Crippen molar-refractivity contribution in [2.75, 3.05) is 7.11 Å². The zero-order valence-corrected chi connectivity index (χ0v) is 15.8. The van der Waals surface area contributed by atoms with Crippen molar-refractivity contribution in [3.8, 4) is 34.6 Å². The van der Waals surface area contributed by atoms with Crippen LogP contribution in [0, 0.1) is 0 Å². The molecule has 4 aromatic rings. The molecule has 0 N–H and O–H groups in total. The molecule has 8 heteroatoms. The smallest absolute Gasteiger partial charge is 0.416 e. The van der Waals surface area contributed by atoms with Crippen LogP contribution < -0.4 is 9.47 Å². The SMILES string of the molecule is COc1ccc(-n2c(Oc3cccc(C(F)(F)F)c3)nnc2-c2ccccc2)cc1. The number of hydrogen-bond donors (Lipinski definition) is 0. The Bertz CT molecular complexity index is 1140. The van der Waals surface area contributed by atoms with Crippen molar-refractivity contribution < 1.29 is 22.6 Å². The van der Waals surface area contributed by atoms with Gasteiger partial charge in [-0.3, -0.25) is 0 Å². The van der Waals surface area contributed by atoms with Crippen molar-refractivity contribution in [3.05, 3.63) is 84.4 Å². The van der Waals surface area contributed by atoms with E-state index in [4.69, 9.17) is 9.47 Å². The molecule has 5 nitrogen and oxygen atoms in total. The minimum atomic E-state index is -4.47. The van der Waals surface area contributed by atoms with Crippen LogP contribution in [0.5, 0.6) is 17.5 Å². The molecule has 152 valence electrons. The van der Waals surface area contributed by atoms with Crippen LogP contribution in [0.15, 0.2) is 78.9 Å². The van der Waals surface area contributed by atoms with Crippen molar-refractivity contribution in [1.82, 2.24) is 14.8 Å². The monoisotopic (exact) mass is 411 g/mol.